The van der Waals surface area contributed by atoms with Crippen molar-refractivity contribution >= 4 is 0 Å². The van der Waals surface area contributed by atoms with Crippen molar-refractivity contribution in [3.63, 3.8) is 0 Å². The second-order valence-electron chi connectivity index (χ2n) is 3.87. The first kappa shape index (κ1) is 9.30. The van der Waals surface area contributed by atoms with Crippen LogP contribution < -0.4 is 5.73 Å². The minimum atomic E-state index is -0.876. The van der Waals surface area contributed by atoms with Crippen molar-refractivity contribution in [2.75, 3.05) is 0 Å². The van der Waals surface area contributed by atoms with Crippen LogP contribution in [-0.2, 0) is 5.54 Å². The maximum absolute atomic E-state index is 10.6. The van der Waals surface area contributed by atoms with Gasteiger partial charge in [0.1, 0.15) is 12.1 Å². The van der Waals surface area contributed by atoms with Gasteiger partial charge in [-0.2, -0.15) is 4.91 Å². The molecule has 1 aliphatic rings. The first-order valence-corrected chi connectivity index (χ1v) is 4.48. The Morgan fingerprint density at radius 2 is 2.14 bits per heavy atom. The lowest BCUT2D eigenvalue weighted by atomic mass is 9.92. The number of hydrogen-bond donors (Lipinski definition) is 2. The van der Waals surface area contributed by atoms with E-state index in [4.69, 9.17) is 5.73 Å². The normalized spacial score (nSPS) is 35.4. The minimum Gasteiger partial charge on any atom is -0.386 e. The van der Waals surface area contributed by atoms with Gasteiger partial charge in [-0.25, -0.2) is 0 Å². The minimum absolute atomic E-state index is 0.710. The van der Waals surface area contributed by atoms with Crippen LogP contribution in [0.2, 0.25) is 0 Å². The number of fused-ring (bicyclic) bond motifs is 1. The standard InChI is InChI=1S/C10H12N2O2/c1-10(11)7-5-3-2-4-6(7)8(13)9(10)12-14/h2-5,8-9,13H,11H2,1H3/t8-,9-,10+/m0/s1. The highest BCUT2D eigenvalue weighted by molar-refractivity contribution is 5.43. The van der Waals surface area contributed by atoms with Gasteiger partial charge in [-0.3, -0.25) is 0 Å². The summed E-state index contributed by atoms with van der Waals surface area (Å²) in [5, 5.41) is 12.7. The van der Waals surface area contributed by atoms with Gasteiger partial charge in [-0.1, -0.05) is 29.4 Å². The lowest BCUT2D eigenvalue weighted by Gasteiger charge is -2.23. The smallest absolute Gasteiger partial charge is 0.144 e. The quantitative estimate of drug-likeness (QED) is 0.653. The summed E-state index contributed by atoms with van der Waals surface area (Å²) in [7, 11) is 0. The predicted molar refractivity (Wildman–Crippen MR) is 52.5 cm³/mol. The molecule has 0 amide bonds. The van der Waals surface area contributed by atoms with E-state index in [1.807, 2.05) is 18.2 Å². The molecule has 1 aromatic rings. The van der Waals surface area contributed by atoms with E-state index in [0.717, 1.165) is 5.56 Å². The second kappa shape index (κ2) is 2.87. The second-order valence-corrected chi connectivity index (χ2v) is 3.87. The zero-order valence-electron chi connectivity index (χ0n) is 7.84. The van der Waals surface area contributed by atoms with Crippen molar-refractivity contribution in [2.24, 2.45) is 10.9 Å². The molecular weight excluding hydrogens is 180 g/mol. The SMILES string of the molecule is C[C@@]1(N)c2ccccc2[C@H](O)[C@@H]1N=O. The summed E-state index contributed by atoms with van der Waals surface area (Å²) in [5.74, 6) is 0. The molecule has 0 bridgehead atoms. The third kappa shape index (κ3) is 1.01. The molecule has 4 heteroatoms. The van der Waals surface area contributed by atoms with Crippen molar-refractivity contribution in [3.05, 3.63) is 40.3 Å². The number of nitroso groups, excluding NO2 is 1. The van der Waals surface area contributed by atoms with E-state index < -0.39 is 17.7 Å². The fourth-order valence-electron chi connectivity index (χ4n) is 2.07. The van der Waals surface area contributed by atoms with Gasteiger partial charge in [-0.05, 0) is 18.1 Å². The molecule has 0 saturated carbocycles. The fourth-order valence-corrected chi connectivity index (χ4v) is 2.07. The van der Waals surface area contributed by atoms with Crippen molar-refractivity contribution in [1.29, 1.82) is 0 Å². The molecular formula is C10H12N2O2. The van der Waals surface area contributed by atoms with Crippen LogP contribution in [-0.4, -0.2) is 11.1 Å². The average Bonchev–Trinajstić information content (AvgIpc) is 2.36. The van der Waals surface area contributed by atoms with E-state index in [-0.39, 0.29) is 0 Å². The van der Waals surface area contributed by atoms with E-state index >= 15 is 0 Å². The zero-order valence-corrected chi connectivity index (χ0v) is 7.84. The van der Waals surface area contributed by atoms with Gasteiger partial charge in [0.2, 0.25) is 0 Å². The number of aliphatic hydroxyl groups is 1. The molecule has 3 atom stereocenters. The van der Waals surface area contributed by atoms with Crippen molar-refractivity contribution in [1.82, 2.24) is 0 Å². The van der Waals surface area contributed by atoms with Crippen LogP contribution in [0.25, 0.3) is 0 Å². The largest absolute Gasteiger partial charge is 0.386 e. The number of nitrogens with two attached hydrogens (primary N) is 1. The molecule has 2 rings (SSSR count). The van der Waals surface area contributed by atoms with Crippen LogP contribution >= 0.6 is 0 Å². The number of nitrogens with zero attached hydrogens (tertiary/aromatic N) is 1. The molecule has 14 heavy (non-hydrogen) atoms. The Bertz CT molecular complexity index is 376. The summed E-state index contributed by atoms with van der Waals surface area (Å²) in [5.41, 5.74) is 6.63. The number of aliphatic hydroxyl groups excluding tert-OH is 1. The summed E-state index contributed by atoms with van der Waals surface area (Å²) in [6.45, 7) is 1.72. The highest BCUT2D eigenvalue weighted by atomic mass is 16.3. The number of benzene rings is 1. The lowest BCUT2D eigenvalue weighted by molar-refractivity contribution is 0.133. The van der Waals surface area contributed by atoms with Gasteiger partial charge >= 0.3 is 0 Å². The third-order valence-corrected chi connectivity index (χ3v) is 2.89. The lowest BCUT2D eigenvalue weighted by Crippen LogP contribution is -2.41. The Morgan fingerprint density at radius 3 is 2.71 bits per heavy atom. The Balaban J connectivity index is 2.60. The van der Waals surface area contributed by atoms with E-state index in [1.165, 1.54) is 0 Å². The van der Waals surface area contributed by atoms with E-state index in [0.29, 0.717) is 5.56 Å². The molecule has 0 aromatic heterocycles. The van der Waals surface area contributed by atoms with Crippen LogP contribution in [0.3, 0.4) is 0 Å². The molecule has 0 radical (unpaired) electrons. The van der Waals surface area contributed by atoms with Crippen LogP contribution in [0.4, 0.5) is 0 Å². The number of hydrogen-bond acceptors (Lipinski definition) is 4. The van der Waals surface area contributed by atoms with Crippen LogP contribution in [0, 0.1) is 4.91 Å². The maximum atomic E-state index is 10.6. The number of rotatable bonds is 1. The molecule has 1 aromatic carbocycles. The van der Waals surface area contributed by atoms with Crippen LogP contribution in [0.5, 0.6) is 0 Å². The first-order valence-electron chi connectivity index (χ1n) is 4.48. The van der Waals surface area contributed by atoms with E-state index in [1.54, 1.807) is 13.0 Å². The van der Waals surface area contributed by atoms with Gasteiger partial charge < -0.3 is 10.8 Å². The Hall–Kier alpha value is -1.26. The highest BCUT2D eigenvalue weighted by Crippen LogP contribution is 2.43. The van der Waals surface area contributed by atoms with Gasteiger partial charge in [0, 0.05) is 0 Å². The van der Waals surface area contributed by atoms with Crippen molar-refractivity contribution in [2.45, 2.75) is 24.6 Å². The summed E-state index contributed by atoms with van der Waals surface area (Å²) in [6, 6.07) is 6.45. The van der Waals surface area contributed by atoms with Gasteiger partial charge in [0.25, 0.3) is 0 Å². The van der Waals surface area contributed by atoms with Gasteiger partial charge in [-0.15, -0.1) is 0 Å². The summed E-state index contributed by atoms with van der Waals surface area (Å²) in [4.78, 5) is 10.6. The molecule has 0 heterocycles. The predicted octanol–water partition coefficient (Wildman–Crippen LogP) is 1.04. The zero-order chi connectivity index (χ0) is 10.3. The summed E-state index contributed by atoms with van der Waals surface area (Å²) in [6.07, 6.45) is -0.876. The highest BCUT2D eigenvalue weighted by Gasteiger charge is 2.47. The van der Waals surface area contributed by atoms with Crippen LogP contribution in [0.15, 0.2) is 29.4 Å². The summed E-state index contributed by atoms with van der Waals surface area (Å²) < 4.78 is 0. The third-order valence-electron chi connectivity index (χ3n) is 2.89. The topological polar surface area (TPSA) is 75.7 Å². The molecule has 0 unspecified atom stereocenters. The molecule has 1 aliphatic carbocycles. The molecule has 0 fully saturated rings. The van der Waals surface area contributed by atoms with Crippen molar-refractivity contribution < 1.29 is 5.11 Å². The van der Waals surface area contributed by atoms with Crippen LogP contribution in [0.1, 0.15) is 24.2 Å². The maximum Gasteiger partial charge on any atom is 0.144 e. The summed E-state index contributed by atoms with van der Waals surface area (Å²) >= 11 is 0. The molecule has 0 saturated heterocycles. The van der Waals surface area contributed by atoms with E-state index in [2.05, 4.69) is 5.18 Å². The monoisotopic (exact) mass is 192 g/mol. The molecule has 74 valence electrons. The first-order chi connectivity index (χ1) is 6.59. The molecule has 0 aliphatic heterocycles. The molecule has 3 N–H and O–H groups in total. The van der Waals surface area contributed by atoms with E-state index in [9.17, 15) is 10.0 Å². The fraction of sp³-hybridized carbons (Fsp3) is 0.400. The Morgan fingerprint density at radius 1 is 1.50 bits per heavy atom. The molecule has 0 spiro atoms. The Kier molecular flexibility index (Phi) is 1.90. The molecule has 4 nitrogen and oxygen atoms in total. The van der Waals surface area contributed by atoms with Crippen molar-refractivity contribution in [3.8, 4) is 0 Å². The van der Waals surface area contributed by atoms with Gasteiger partial charge in [0.05, 0.1) is 5.54 Å². The van der Waals surface area contributed by atoms with Gasteiger partial charge in [0.15, 0.2) is 0 Å². The Labute approximate surface area is 81.7 Å². The average molecular weight is 192 g/mol.